The molecule has 0 spiro atoms. The number of aliphatic imine (C=N–C) groups is 1. The van der Waals surface area contributed by atoms with Crippen molar-refractivity contribution in [3.05, 3.63) is 84.1 Å². The Hall–Kier alpha value is -3.06. The number of nitrogens with two attached hydrogens (primary N) is 1. The molecule has 1 unspecified atom stereocenters. The van der Waals surface area contributed by atoms with Crippen molar-refractivity contribution in [3.63, 3.8) is 0 Å². The summed E-state index contributed by atoms with van der Waals surface area (Å²) in [4.78, 5) is 19.2. The van der Waals surface area contributed by atoms with Gasteiger partial charge in [-0.25, -0.2) is 9.38 Å². The maximum Gasteiger partial charge on any atom is 0.246 e. The summed E-state index contributed by atoms with van der Waals surface area (Å²) in [7, 11) is 0. The van der Waals surface area contributed by atoms with Crippen LogP contribution in [0.4, 0.5) is 15.8 Å². The Morgan fingerprint density at radius 1 is 1.19 bits per heavy atom. The van der Waals surface area contributed by atoms with E-state index in [2.05, 4.69) is 4.99 Å². The number of anilines is 1. The van der Waals surface area contributed by atoms with Crippen LogP contribution in [0.1, 0.15) is 16.4 Å². The van der Waals surface area contributed by atoms with Crippen LogP contribution in [0.3, 0.4) is 0 Å². The molecule has 1 aromatic heterocycles. The fourth-order valence-electron chi connectivity index (χ4n) is 2.79. The zero-order valence-electron chi connectivity index (χ0n) is 14.2. The standard InChI is InChI=1S/C20H16FN3O2S/c21-15-2-1-3-17(10-15)23-20-24(11-13-8-9-26-12-13)19(25)18(27-20)14-4-6-16(22)7-5-14/h1-10,12,18H,11,22H2. The summed E-state index contributed by atoms with van der Waals surface area (Å²) in [6.07, 6.45) is 3.15. The molecule has 1 fully saturated rings. The van der Waals surface area contributed by atoms with Crippen molar-refractivity contribution < 1.29 is 13.6 Å². The fourth-order valence-corrected chi connectivity index (χ4v) is 3.96. The number of hydrogen-bond donors (Lipinski definition) is 1. The van der Waals surface area contributed by atoms with Crippen LogP contribution in [0.5, 0.6) is 0 Å². The topological polar surface area (TPSA) is 71.8 Å². The van der Waals surface area contributed by atoms with Crippen molar-refractivity contribution in [3.8, 4) is 0 Å². The molecule has 136 valence electrons. The summed E-state index contributed by atoms with van der Waals surface area (Å²) >= 11 is 1.34. The second-order valence-corrected chi connectivity index (χ2v) is 7.17. The Labute approximate surface area is 159 Å². The average molecular weight is 381 g/mol. The minimum absolute atomic E-state index is 0.0823. The molecule has 7 heteroatoms. The van der Waals surface area contributed by atoms with E-state index in [1.165, 1.54) is 23.9 Å². The van der Waals surface area contributed by atoms with Crippen LogP contribution < -0.4 is 5.73 Å². The van der Waals surface area contributed by atoms with E-state index in [-0.39, 0.29) is 11.7 Å². The molecule has 3 aromatic rings. The Balaban J connectivity index is 1.70. The average Bonchev–Trinajstić information content (AvgIpc) is 3.26. The SMILES string of the molecule is Nc1ccc(C2SC(=Nc3cccc(F)c3)N(Cc3ccoc3)C2=O)cc1. The summed E-state index contributed by atoms with van der Waals surface area (Å²) in [5.74, 6) is -0.455. The van der Waals surface area contributed by atoms with Gasteiger partial charge >= 0.3 is 0 Å². The molecule has 1 aliphatic rings. The molecule has 0 saturated carbocycles. The predicted octanol–water partition coefficient (Wildman–Crippen LogP) is 4.51. The summed E-state index contributed by atoms with van der Waals surface area (Å²) in [6.45, 7) is 0.335. The monoisotopic (exact) mass is 381 g/mol. The molecule has 4 rings (SSSR count). The Morgan fingerprint density at radius 2 is 2.00 bits per heavy atom. The van der Waals surface area contributed by atoms with Crippen LogP contribution in [0.25, 0.3) is 0 Å². The lowest BCUT2D eigenvalue weighted by molar-refractivity contribution is -0.126. The quantitative estimate of drug-likeness (QED) is 0.675. The van der Waals surface area contributed by atoms with Crippen molar-refractivity contribution in [2.24, 2.45) is 4.99 Å². The van der Waals surface area contributed by atoms with Gasteiger partial charge in [-0.15, -0.1) is 0 Å². The van der Waals surface area contributed by atoms with Crippen LogP contribution in [0.2, 0.25) is 0 Å². The molecule has 2 aromatic carbocycles. The number of halogens is 1. The van der Waals surface area contributed by atoms with Gasteiger partial charge in [0.25, 0.3) is 0 Å². The second kappa shape index (κ2) is 7.28. The Kier molecular flexibility index (Phi) is 4.68. The first kappa shape index (κ1) is 17.4. The highest BCUT2D eigenvalue weighted by Crippen LogP contribution is 2.41. The zero-order valence-corrected chi connectivity index (χ0v) is 15.0. The molecule has 0 bridgehead atoms. The molecule has 2 N–H and O–H groups in total. The predicted molar refractivity (Wildman–Crippen MR) is 104 cm³/mol. The third-order valence-electron chi connectivity index (χ3n) is 4.14. The normalized spacial score (nSPS) is 18.4. The molecule has 5 nitrogen and oxygen atoms in total. The number of amidine groups is 1. The maximum atomic E-state index is 13.5. The number of thioether (sulfide) groups is 1. The second-order valence-electron chi connectivity index (χ2n) is 6.09. The highest BCUT2D eigenvalue weighted by atomic mass is 32.2. The lowest BCUT2D eigenvalue weighted by Crippen LogP contribution is -2.29. The fraction of sp³-hybridized carbons (Fsp3) is 0.100. The van der Waals surface area contributed by atoms with E-state index in [4.69, 9.17) is 10.2 Å². The van der Waals surface area contributed by atoms with Crippen LogP contribution in [-0.4, -0.2) is 16.0 Å². The first-order chi connectivity index (χ1) is 13.1. The number of rotatable bonds is 4. The van der Waals surface area contributed by atoms with Crippen molar-refractivity contribution in [1.29, 1.82) is 0 Å². The van der Waals surface area contributed by atoms with E-state index in [1.807, 2.05) is 12.1 Å². The molecule has 27 heavy (non-hydrogen) atoms. The van der Waals surface area contributed by atoms with E-state index in [0.29, 0.717) is 23.1 Å². The molecule has 1 aliphatic heterocycles. The van der Waals surface area contributed by atoms with Gasteiger partial charge in [-0.1, -0.05) is 30.0 Å². The summed E-state index contributed by atoms with van der Waals surface area (Å²) in [6, 6.07) is 15.0. The van der Waals surface area contributed by atoms with Crippen LogP contribution >= 0.6 is 11.8 Å². The minimum Gasteiger partial charge on any atom is -0.472 e. The molecule has 1 atom stereocenters. The van der Waals surface area contributed by atoms with Gasteiger partial charge in [-0.05, 0) is 42.0 Å². The van der Waals surface area contributed by atoms with E-state index < -0.39 is 5.25 Å². The van der Waals surface area contributed by atoms with Gasteiger partial charge in [0.05, 0.1) is 24.8 Å². The lowest BCUT2D eigenvalue weighted by Gasteiger charge is -2.15. The third-order valence-corrected chi connectivity index (χ3v) is 5.37. The number of hydrogen-bond acceptors (Lipinski definition) is 5. The number of benzene rings is 2. The Bertz CT molecular complexity index is 987. The van der Waals surface area contributed by atoms with Crippen LogP contribution in [0.15, 0.2) is 76.5 Å². The number of amides is 1. The summed E-state index contributed by atoms with van der Waals surface area (Å²) < 4.78 is 18.6. The zero-order chi connectivity index (χ0) is 18.8. The smallest absolute Gasteiger partial charge is 0.246 e. The summed E-state index contributed by atoms with van der Waals surface area (Å²) in [5.41, 5.74) is 8.55. The molecule has 1 amide bonds. The molecule has 2 heterocycles. The highest BCUT2D eigenvalue weighted by Gasteiger charge is 2.39. The highest BCUT2D eigenvalue weighted by molar-refractivity contribution is 8.15. The van der Waals surface area contributed by atoms with Gasteiger partial charge in [0.2, 0.25) is 5.91 Å². The maximum absolute atomic E-state index is 13.5. The first-order valence-electron chi connectivity index (χ1n) is 8.29. The molecule has 0 radical (unpaired) electrons. The summed E-state index contributed by atoms with van der Waals surface area (Å²) in [5, 5.41) is 0.0958. The molecule has 0 aliphatic carbocycles. The van der Waals surface area contributed by atoms with Gasteiger partial charge in [0, 0.05) is 11.3 Å². The van der Waals surface area contributed by atoms with E-state index in [9.17, 15) is 9.18 Å². The Morgan fingerprint density at radius 3 is 2.70 bits per heavy atom. The van der Waals surface area contributed by atoms with Crippen molar-refractivity contribution in [1.82, 2.24) is 4.90 Å². The van der Waals surface area contributed by atoms with E-state index in [0.717, 1.165) is 11.1 Å². The van der Waals surface area contributed by atoms with Gasteiger partial charge in [0.1, 0.15) is 11.1 Å². The number of furan rings is 1. The van der Waals surface area contributed by atoms with Crippen LogP contribution in [-0.2, 0) is 11.3 Å². The lowest BCUT2D eigenvalue weighted by atomic mass is 10.1. The number of nitrogen functional groups attached to an aromatic ring is 1. The van der Waals surface area contributed by atoms with Gasteiger partial charge < -0.3 is 10.2 Å². The van der Waals surface area contributed by atoms with Crippen molar-refractivity contribution in [2.75, 3.05) is 5.73 Å². The molecular weight excluding hydrogens is 365 g/mol. The van der Waals surface area contributed by atoms with Gasteiger partial charge in [-0.2, -0.15) is 0 Å². The number of nitrogens with zero attached hydrogens (tertiary/aromatic N) is 2. The number of carbonyl (C=O) groups is 1. The third kappa shape index (κ3) is 3.73. The van der Waals surface area contributed by atoms with E-state index >= 15 is 0 Å². The molecule has 1 saturated heterocycles. The minimum atomic E-state index is -0.426. The molecular formula is C20H16FN3O2S. The van der Waals surface area contributed by atoms with Gasteiger partial charge in [-0.3, -0.25) is 9.69 Å². The van der Waals surface area contributed by atoms with Crippen LogP contribution in [0, 0.1) is 5.82 Å². The van der Waals surface area contributed by atoms with Gasteiger partial charge in [0.15, 0.2) is 5.17 Å². The van der Waals surface area contributed by atoms with Crippen molar-refractivity contribution >= 4 is 34.2 Å². The first-order valence-corrected chi connectivity index (χ1v) is 9.17. The van der Waals surface area contributed by atoms with Crippen molar-refractivity contribution in [2.45, 2.75) is 11.8 Å². The van der Waals surface area contributed by atoms with E-state index in [1.54, 1.807) is 47.8 Å². The largest absolute Gasteiger partial charge is 0.472 e. The number of carbonyl (C=O) groups excluding carboxylic acids is 1.